The van der Waals surface area contributed by atoms with E-state index < -0.39 is 5.82 Å². The number of nitrogens with zero attached hydrogens (tertiary/aromatic N) is 1. The average Bonchev–Trinajstić information content (AvgIpc) is 2.32. The molecule has 1 aromatic rings. The minimum absolute atomic E-state index is 0.0897. The molecular weight excluding hydrogens is 219 g/mol. The Labute approximate surface area is 101 Å². The molecule has 0 spiro atoms. The number of carbonyl (C=O) groups excluding carboxylic acids is 1. The number of anilines is 1. The molecule has 0 atom stereocenters. The first-order valence-electron chi connectivity index (χ1n) is 5.48. The summed E-state index contributed by atoms with van der Waals surface area (Å²) in [5.74, 6) is -0.818. The van der Waals surface area contributed by atoms with Crippen LogP contribution in [0.15, 0.2) is 30.9 Å². The third-order valence-electron chi connectivity index (χ3n) is 2.53. The lowest BCUT2D eigenvalue weighted by atomic mass is 10.1. The van der Waals surface area contributed by atoms with Crippen molar-refractivity contribution in [1.82, 2.24) is 4.90 Å². The van der Waals surface area contributed by atoms with Gasteiger partial charge in [-0.3, -0.25) is 4.79 Å². The summed E-state index contributed by atoms with van der Waals surface area (Å²) in [5, 5.41) is 0. The minimum Gasteiger partial charge on any atom is -0.396 e. The Balaban J connectivity index is 2.75. The molecule has 2 N–H and O–H groups in total. The molecule has 0 heterocycles. The van der Waals surface area contributed by atoms with Gasteiger partial charge >= 0.3 is 0 Å². The second kappa shape index (κ2) is 6.03. The zero-order valence-corrected chi connectivity index (χ0v) is 9.95. The summed E-state index contributed by atoms with van der Waals surface area (Å²) in [6, 6.07) is 4.26. The van der Waals surface area contributed by atoms with Gasteiger partial charge in [0, 0.05) is 13.6 Å². The van der Waals surface area contributed by atoms with Gasteiger partial charge in [0.25, 0.3) is 5.91 Å². The highest BCUT2D eigenvalue weighted by Crippen LogP contribution is 2.17. The Morgan fingerprint density at radius 3 is 2.94 bits per heavy atom. The highest BCUT2D eigenvalue weighted by Gasteiger charge is 2.15. The molecule has 0 saturated heterocycles. The van der Waals surface area contributed by atoms with E-state index in [0.29, 0.717) is 6.54 Å². The van der Waals surface area contributed by atoms with Gasteiger partial charge in [-0.2, -0.15) is 0 Å². The average molecular weight is 236 g/mol. The van der Waals surface area contributed by atoms with Crippen LogP contribution in [0.5, 0.6) is 0 Å². The first-order valence-corrected chi connectivity index (χ1v) is 5.48. The number of allylic oxidation sites excluding steroid dienone is 1. The van der Waals surface area contributed by atoms with Crippen molar-refractivity contribution in [1.29, 1.82) is 0 Å². The third-order valence-corrected chi connectivity index (χ3v) is 2.53. The van der Waals surface area contributed by atoms with E-state index in [1.54, 1.807) is 13.1 Å². The number of halogens is 1. The number of hydrogen-bond acceptors (Lipinski definition) is 2. The molecule has 0 aromatic heterocycles. The van der Waals surface area contributed by atoms with Gasteiger partial charge in [-0.25, -0.2) is 4.39 Å². The second-order valence-corrected chi connectivity index (χ2v) is 3.86. The van der Waals surface area contributed by atoms with E-state index in [2.05, 4.69) is 6.58 Å². The largest absolute Gasteiger partial charge is 0.396 e. The van der Waals surface area contributed by atoms with E-state index in [1.165, 1.54) is 23.1 Å². The quantitative estimate of drug-likeness (QED) is 0.485. The highest BCUT2D eigenvalue weighted by atomic mass is 19.1. The van der Waals surface area contributed by atoms with Crippen molar-refractivity contribution in [3.05, 3.63) is 42.2 Å². The Hall–Kier alpha value is -1.84. The third kappa shape index (κ3) is 3.31. The molecular formula is C13H17FN2O. The van der Waals surface area contributed by atoms with E-state index in [0.717, 1.165) is 12.8 Å². The smallest absolute Gasteiger partial charge is 0.255 e. The van der Waals surface area contributed by atoms with Gasteiger partial charge in [-0.05, 0) is 25.0 Å². The number of hydrogen-bond donors (Lipinski definition) is 1. The summed E-state index contributed by atoms with van der Waals surface area (Å²) in [6.45, 7) is 4.21. The molecule has 0 aliphatic rings. The van der Waals surface area contributed by atoms with Crippen LogP contribution in [0.4, 0.5) is 10.1 Å². The molecule has 0 aliphatic carbocycles. The van der Waals surface area contributed by atoms with Crippen LogP contribution in [0, 0.1) is 5.82 Å². The van der Waals surface area contributed by atoms with Gasteiger partial charge < -0.3 is 10.6 Å². The van der Waals surface area contributed by atoms with Crippen LogP contribution in [0.1, 0.15) is 23.2 Å². The molecule has 1 aromatic carbocycles. The molecule has 0 bridgehead atoms. The van der Waals surface area contributed by atoms with Crippen LogP contribution in [-0.2, 0) is 0 Å². The predicted molar refractivity (Wildman–Crippen MR) is 67.2 cm³/mol. The SMILES string of the molecule is C=CCCCN(C)C(=O)c1cccc(F)c1N. The maximum atomic E-state index is 13.2. The number of amides is 1. The van der Waals surface area contributed by atoms with Crippen LogP contribution < -0.4 is 5.73 Å². The van der Waals surface area contributed by atoms with E-state index in [9.17, 15) is 9.18 Å². The summed E-state index contributed by atoms with van der Waals surface area (Å²) >= 11 is 0. The first kappa shape index (κ1) is 13.2. The lowest BCUT2D eigenvalue weighted by molar-refractivity contribution is 0.0794. The summed E-state index contributed by atoms with van der Waals surface area (Å²) in [7, 11) is 1.68. The van der Waals surface area contributed by atoms with E-state index in [-0.39, 0.29) is 17.2 Å². The molecule has 4 heteroatoms. The van der Waals surface area contributed by atoms with Gasteiger partial charge in [-0.15, -0.1) is 6.58 Å². The Kier molecular flexibility index (Phi) is 4.69. The van der Waals surface area contributed by atoms with Gasteiger partial charge in [0.05, 0.1) is 11.3 Å². The van der Waals surface area contributed by atoms with Crippen molar-refractivity contribution < 1.29 is 9.18 Å². The summed E-state index contributed by atoms with van der Waals surface area (Å²) in [4.78, 5) is 13.5. The standard InChI is InChI=1S/C13H17FN2O/c1-3-4-5-9-16(2)13(17)10-7-6-8-11(14)12(10)15/h3,6-8H,1,4-5,9,15H2,2H3. The maximum Gasteiger partial charge on any atom is 0.255 e. The van der Waals surface area contributed by atoms with E-state index in [4.69, 9.17) is 5.73 Å². The van der Waals surface area contributed by atoms with Crippen LogP contribution >= 0.6 is 0 Å². The minimum atomic E-state index is -0.560. The van der Waals surface area contributed by atoms with Crippen molar-refractivity contribution in [2.75, 3.05) is 19.3 Å². The number of nitrogens with two attached hydrogens (primary N) is 1. The van der Waals surface area contributed by atoms with Crippen LogP contribution in [-0.4, -0.2) is 24.4 Å². The lowest BCUT2D eigenvalue weighted by Crippen LogP contribution is -2.28. The molecule has 0 saturated carbocycles. The summed E-state index contributed by atoms with van der Waals surface area (Å²) in [5.41, 5.74) is 5.66. The van der Waals surface area contributed by atoms with Crippen molar-refractivity contribution in [2.24, 2.45) is 0 Å². The van der Waals surface area contributed by atoms with Crippen LogP contribution in [0.2, 0.25) is 0 Å². The van der Waals surface area contributed by atoms with E-state index >= 15 is 0 Å². The Morgan fingerprint density at radius 1 is 1.59 bits per heavy atom. The van der Waals surface area contributed by atoms with Crippen molar-refractivity contribution in [3.8, 4) is 0 Å². The number of unbranched alkanes of at least 4 members (excludes halogenated alkanes) is 1. The fourth-order valence-electron chi connectivity index (χ4n) is 1.50. The number of benzene rings is 1. The van der Waals surface area contributed by atoms with Gasteiger partial charge in [0.2, 0.25) is 0 Å². The first-order chi connectivity index (χ1) is 8.07. The highest BCUT2D eigenvalue weighted by molar-refractivity contribution is 5.99. The van der Waals surface area contributed by atoms with E-state index in [1.807, 2.05) is 0 Å². The zero-order valence-electron chi connectivity index (χ0n) is 9.95. The number of rotatable bonds is 5. The second-order valence-electron chi connectivity index (χ2n) is 3.86. The normalized spacial score (nSPS) is 10.0. The lowest BCUT2D eigenvalue weighted by Gasteiger charge is -2.17. The fourth-order valence-corrected chi connectivity index (χ4v) is 1.50. The van der Waals surface area contributed by atoms with Gasteiger partial charge in [0.15, 0.2) is 0 Å². The van der Waals surface area contributed by atoms with Crippen LogP contribution in [0.25, 0.3) is 0 Å². The predicted octanol–water partition coefficient (Wildman–Crippen LogP) is 2.45. The molecule has 92 valence electrons. The molecule has 17 heavy (non-hydrogen) atoms. The van der Waals surface area contributed by atoms with Gasteiger partial charge in [-0.1, -0.05) is 12.1 Å². The molecule has 3 nitrogen and oxygen atoms in total. The van der Waals surface area contributed by atoms with Crippen molar-refractivity contribution in [3.63, 3.8) is 0 Å². The van der Waals surface area contributed by atoms with Gasteiger partial charge in [0.1, 0.15) is 5.82 Å². The number of para-hydroxylation sites is 1. The fraction of sp³-hybridized carbons (Fsp3) is 0.308. The van der Waals surface area contributed by atoms with Crippen molar-refractivity contribution in [2.45, 2.75) is 12.8 Å². The van der Waals surface area contributed by atoms with Crippen LogP contribution in [0.3, 0.4) is 0 Å². The number of nitrogen functional groups attached to an aromatic ring is 1. The topological polar surface area (TPSA) is 46.3 Å². The zero-order chi connectivity index (χ0) is 12.8. The number of carbonyl (C=O) groups is 1. The monoisotopic (exact) mass is 236 g/mol. The maximum absolute atomic E-state index is 13.2. The molecule has 0 fully saturated rings. The van der Waals surface area contributed by atoms with Crippen molar-refractivity contribution >= 4 is 11.6 Å². The molecule has 1 amide bonds. The Bertz CT molecular complexity index is 418. The molecule has 0 radical (unpaired) electrons. The Morgan fingerprint density at radius 2 is 2.29 bits per heavy atom. The molecule has 0 aliphatic heterocycles. The summed E-state index contributed by atoms with van der Waals surface area (Å²) < 4.78 is 13.2. The molecule has 0 unspecified atom stereocenters. The molecule has 1 rings (SSSR count). The summed E-state index contributed by atoms with van der Waals surface area (Å²) in [6.07, 6.45) is 3.48.